The van der Waals surface area contributed by atoms with Crippen molar-refractivity contribution in [3.8, 4) is 5.69 Å². The second-order valence-corrected chi connectivity index (χ2v) is 5.42. The monoisotopic (exact) mass is 284 g/mol. The molecule has 1 amide bonds. The predicted octanol–water partition coefficient (Wildman–Crippen LogP) is 1.54. The maximum atomic E-state index is 11.3. The van der Waals surface area contributed by atoms with E-state index in [9.17, 15) is 4.79 Å². The Bertz CT molecular complexity index is 583. The normalized spacial score (nSPS) is 16.1. The molecule has 110 valence electrons. The Kier molecular flexibility index (Phi) is 4.01. The van der Waals surface area contributed by atoms with Gasteiger partial charge < -0.3 is 9.47 Å². The molecule has 0 N–H and O–H groups in total. The van der Waals surface area contributed by atoms with Crippen LogP contribution in [0.3, 0.4) is 0 Å². The summed E-state index contributed by atoms with van der Waals surface area (Å²) in [6, 6.07) is 8.55. The second-order valence-electron chi connectivity index (χ2n) is 5.42. The van der Waals surface area contributed by atoms with E-state index in [1.807, 2.05) is 15.7 Å². The number of aromatic nitrogens is 2. The highest BCUT2D eigenvalue weighted by molar-refractivity contribution is 5.73. The van der Waals surface area contributed by atoms with Crippen molar-refractivity contribution in [3.63, 3.8) is 0 Å². The predicted molar refractivity (Wildman–Crippen MR) is 81.1 cm³/mol. The zero-order valence-electron chi connectivity index (χ0n) is 12.3. The molecule has 0 saturated carbocycles. The number of piperazine rings is 1. The van der Waals surface area contributed by atoms with Crippen molar-refractivity contribution in [1.82, 2.24) is 19.4 Å². The maximum Gasteiger partial charge on any atom is 0.219 e. The van der Waals surface area contributed by atoms with E-state index in [4.69, 9.17) is 0 Å². The fraction of sp³-hybridized carbons (Fsp3) is 0.375. The van der Waals surface area contributed by atoms with Crippen LogP contribution < -0.4 is 0 Å². The van der Waals surface area contributed by atoms with Gasteiger partial charge >= 0.3 is 0 Å². The number of rotatable bonds is 3. The van der Waals surface area contributed by atoms with Crippen LogP contribution in [-0.2, 0) is 11.3 Å². The van der Waals surface area contributed by atoms with Crippen molar-refractivity contribution >= 4 is 5.91 Å². The van der Waals surface area contributed by atoms with Crippen LogP contribution in [0.1, 0.15) is 12.5 Å². The van der Waals surface area contributed by atoms with Gasteiger partial charge in [0.15, 0.2) is 0 Å². The molecule has 1 aromatic carbocycles. The van der Waals surface area contributed by atoms with Gasteiger partial charge in [0.1, 0.15) is 0 Å². The Morgan fingerprint density at radius 2 is 1.86 bits per heavy atom. The summed E-state index contributed by atoms with van der Waals surface area (Å²) < 4.78 is 2.00. The molecule has 0 radical (unpaired) electrons. The molecule has 1 fully saturated rings. The van der Waals surface area contributed by atoms with Crippen molar-refractivity contribution in [2.75, 3.05) is 26.2 Å². The highest BCUT2D eigenvalue weighted by Gasteiger charge is 2.18. The Balaban J connectivity index is 1.58. The molecule has 0 unspecified atom stereocenters. The number of carbonyl (C=O) groups excluding carboxylic acids is 1. The lowest BCUT2D eigenvalue weighted by Gasteiger charge is -2.34. The van der Waals surface area contributed by atoms with Crippen molar-refractivity contribution in [2.24, 2.45) is 0 Å². The number of hydrogen-bond acceptors (Lipinski definition) is 3. The summed E-state index contributed by atoms with van der Waals surface area (Å²) in [5.74, 6) is 0.180. The number of benzene rings is 1. The first-order valence-corrected chi connectivity index (χ1v) is 7.27. The second kappa shape index (κ2) is 6.10. The fourth-order valence-electron chi connectivity index (χ4n) is 2.66. The highest BCUT2D eigenvalue weighted by atomic mass is 16.2. The lowest BCUT2D eigenvalue weighted by atomic mass is 10.1. The van der Waals surface area contributed by atoms with Crippen LogP contribution in [0.2, 0.25) is 0 Å². The van der Waals surface area contributed by atoms with Crippen LogP contribution in [0.4, 0.5) is 0 Å². The first-order valence-electron chi connectivity index (χ1n) is 7.27. The van der Waals surface area contributed by atoms with Gasteiger partial charge in [0.2, 0.25) is 5.91 Å². The van der Waals surface area contributed by atoms with Crippen molar-refractivity contribution in [2.45, 2.75) is 13.5 Å². The third-order valence-corrected chi connectivity index (χ3v) is 3.96. The van der Waals surface area contributed by atoms with Crippen LogP contribution in [0.15, 0.2) is 43.0 Å². The van der Waals surface area contributed by atoms with Crippen LogP contribution in [0, 0.1) is 0 Å². The number of imidazole rings is 1. The van der Waals surface area contributed by atoms with Crippen LogP contribution in [-0.4, -0.2) is 51.4 Å². The Morgan fingerprint density at radius 1 is 1.14 bits per heavy atom. The molecule has 0 aliphatic carbocycles. The zero-order chi connectivity index (χ0) is 14.7. The van der Waals surface area contributed by atoms with E-state index in [0.717, 1.165) is 38.4 Å². The van der Waals surface area contributed by atoms with Gasteiger partial charge in [0, 0.05) is 57.7 Å². The standard InChI is InChI=1S/C16H20N4O/c1-14(21)19-10-8-18(9-11-19)12-15-2-4-16(5-3-15)20-7-6-17-13-20/h2-7,13H,8-12H2,1H3. The van der Waals surface area contributed by atoms with E-state index in [-0.39, 0.29) is 5.91 Å². The summed E-state index contributed by atoms with van der Waals surface area (Å²) in [4.78, 5) is 19.7. The van der Waals surface area contributed by atoms with E-state index in [2.05, 4.69) is 34.1 Å². The number of amides is 1. The van der Waals surface area contributed by atoms with Crippen molar-refractivity contribution in [3.05, 3.63) is 48.5 Å². The number of nitrogens with zero attached hydrogens (tertiary/aromatic N) is 4. The molecule has 21 heavy (non-hydrogen) atoms. The molecule has 0 atom stereocenters. The largest absolute Gasteiger partial charge is 0.340 e. The fourth-order valence-corrected chi connectivity index (χ4v) is 2.66. The third kappa shape index (κ3) is 3.31. The summed E-state index contributed by atoms with van der Waals surface area (Å²) >= 11 is 0. The molecule has 5 heteroatoms. The van der Waals surface area contributed by atoms with Gasteiger partial charge in [0.25, 0.3) is 0 Å². The quantitative estimate of drug-likeness (QED) is 0.858. The first-order chi connectivity index (χ1) is 10.2. The molecule has 3 rings (SSSR count). The summed E-state index contributed by atoms with van der Waals surface area (Å²) in [5, 5.41) is 0. The minimum absolute atomic E-state index is 0.180. The maximum absolute atomic E-state index is 11.3. The molecule has 1 aliphatic heterocycles. The molecular formula is C16H20N4O. The molecule has 0 spiro atoms. The summed E-state index contributed by atoms with van der Waals surface area (Å²) in [6.45, 7) is 6.15. The van der Waals surface area contributed by atoms with Crippen molar-refractivity contribution < 1.29 is 4.79 Å². The average Bonchev–Trinajstić information content (AvgIpc) is 3.03. The number of carbonyl (C=O) groups is 1. The highest BCUT2D eigenvalue weighted by Crippen LogP contribution is 2.12. The van der Waals surface area contributed by atoms with Crippen LogP contribution in [0.5, 0.6) is 0 Å². The molecule has 2 aromatic rings. The van der Waals surface area contributed by atoms with Gasteiger partial charge in [-0.3, -0.25) is 9.69 Å². The SMILES string of the molecule is CC(=O)N1CCN(Cc2ccc(-n3ccnc3)cc2)CC1. The van der Waals surface area contributed by atoms with Crippen LogP contribution in [0.25, 0.3) is 5.69 Å². The zero-order valence-corrected chi connectivity index (χ0v) is 12.3. The Morgan fingerprint density at radius 3 is 2.43 bits per heavy atom. The van der Waals surface area contributed by atoms with Gasteiger partial charge in [0.05, 0.1) is 6.33 Å². The van der Waals surface area contributed by atoms with Gasteiger partial charge in [-0.15, -0.1) is 0 Å². The summed E-state index contributed by atoms with van der Waals surface area (Å²) in [7, 11) is 0. The minimum atomic E-state index is 0.180. The van der Waals surface area contributed by atoms with E-state index < -0.39 is 0 Å². The van der Waals surface area contributed by atoms with E-state index in [1.54, 1.807) is 19.4 Å². The lowest BCUT2D eigenvalue weighted by molar-refractivity contribution is -0.130. The topological polar surface area (TPSA) is 41.4 Å². The molecular weight excluding hydrogens is 264 g/mol. The van der Waals surface area contributed by atoms with E-state index in [1.165, 1.54) is 5.56 Å². The minimum Gasteiger partial charge on any atom is -0.340 e. The molecule has 1 saturated heterocycles. The number of hydrogen-bond donors (Lipinski definition) is 0. The average molecular weight is 284 g/mol. The lowest BCUT2D eigenvalue weighted by Crippen LogP contribution is -2.47. The van der Waals surface area contributed by atoms with Crippen LogP contribution >= 0.6 is 0 Å². The van der Waals surface area contributed by atoms with Gasteiger partial charge in [-0.2, -0.15) is 0 Å². The first kappa shape index (κ1) is 13.8. The van der Waals surface area contributed by atoms with Gasteiger partial charge in [-0.1, -0.05) is 12.1 Å². The summed E-state index contributed by atoms with van der Waals surface area (Å²) in [6.07, 6.45) is 5.52. The molecule has 0 bridgehead atoms. The van der Waals surface area contributed by atoms with Gasteiger partial charge in [-0.05, 0) is 17.7 Å². The molecule has 5 nitrogen and oxygen atoms in total. The molecule has 2 heterocycles. The molecule has 1 aliphatic rings. The smallest absolute Gasteiger partial charge is 0.219 e. The van der Waals surface area contributed by atoms with Crippen molar-refractivity contribution in [1.29, 1.82) is 0 Å². The van der Waals surface area contributed by atoms with E-state index >= 15 is 0 Å². The van der Waals surface area contributed by atoms with Gasteiger partial charge in [-0.25, -0.2) is 4.98 Å². The third-order valence-electron chi connectivity index (χ3n) is 3.96. The Labute approximate surface area is 124 Å². The molecule has 1 aromatic heterocycles. The summed E-state index contributed by atoms with van der Waals surface area (Å²) in [5.41, 5.74) is 2.42. The Hall–Kier alpha value is -2.14. The van der Waals surface area contributed by atoms with E-state index in [0.29, 0.717) is 0 Å².